The van der Waals surface area contributed by atoms with Crippen molar-refractivity contribution in [1.82, 2.24) is 15.5 Å². The van der Waals surface area contributed by atoms with Crippen molar-refractivity contribution in [2.45, 2.75) is 20.3 Å². The van der Waals surface area contributed by atoms with E-state index in [9.17, 15) is 4.79 Å². The number of aryl methyl sites for hydroxylation is 2. The van der Waals surface area contributed by atoms with Crippen LogP contribution in [0.15, 0.2) is 6.07 Å². The molecule has 0 bridgehead atoms. The minimum absolute atomic E-state index is 0.418. The van der Waals surface area contributed by atoms with Crippen LogP contribution in [0.5, 0.6) is 0 Å². The molecule has 1 rings (SSSR count). The molecular formula is C9H10N4O. The standard InChI is InChI=1S/C9H10N4O/c1-3-8-7(9(14)11-5-10)4-6(2)12-13-8/h4H,3H2,1-2H3,(H,11,14). The number of nitriles is 1. The van der Waals surface area contributed by atoms with Crippen molar-refractivity contribution >= 4 is 5.91 Å². The van der Waals surface area contributed by atoms with Gasteiger partial charge >= 0.3 is 0 Å². The Kier molecular flexibility index (Phi) is 3.13. The van der Waals surface area contributed by atoms with E-state index < -0.39 is 5.91 Å². The number of hydrogen-bond donors (Lipinski definition) is 1. The van der Waals surface area contributed by atoms with Gasteiger partial charge in [-0.25, -0.2) is 0 Å². The first-order chi connectivity index (χ1) is 6.69. The van der Waals surface area contributed by atoms with Crippen LogP contribution in [0.2, 0.25) is 0 Å². The molecule has 0 aliphatic heterocycles. The molecule has 1 heterocycles. The fraction of sp³-hybridized carbons (Fsp3) is 0.333. The first-order valence-electron chi connectivity index (χ1n) is 4.21. The van der Waals surface area contributed by atoms with Crippen LogP contribution in [-0.4, -0.2) is 16.1 Å². The number of nitrogens with one attached hydrogen (secondary N) is 1. The van der Waals surface area contributed by atoms with Gasteiger partial charge < -0.3 is 0 Å². The molecule has 0 aliphatic rings. The number of amides is 1. The molecule has 14 heavy (non-hydrogen) atoms. The topological polar surface area (TPSA) is 78.7 Å². The van der Waals surface area contributed by atoms with Crippen LogP contribution in [0.3, 0.4) is 0 Å². The molecule has 0 spiro atoms. The molecule has 72 valence electrons. The zero-order valence-electron chi connectivity index (χ0n) is 8.03. The van der Waals surface area contributed by atoms with E-state index in [4.69, 9.17) is 5.26 Å². The van der Waals surface area contributed by atoms with Crippen molar-refractivity contribution in [3.8, 4) is 6.19 Å². The lowest BCUT2D eigenvalue weighted by atomic mass is 10.1. The number of aromatic nitrogens is 2. The summed E-state index contributed by atoms with van der Waals surface area (Å²) in [6.45, 7) is 3.62. The third-order valence-corrected chi connectivity index (χ3v) is 1.74. The smallest absolute Gasteiger partial charge is 0.266 e. The van der Waals surface area contributed by atoms with Crippen molar-refractivity contribution in [1.29, 1.82) is 5.26 Å². The Bertz CT molecular complexity index is 394. The van der Waals surface area contributed by atoms with Gasteiger partial charge in [0.25, 0.3) is 5.91 Å². The maximum absolute atomic E-state index is 11.4. The van der Waals surface area contributed by atoms with Crippen LogP contribution < -0.4 is 5.32 Å². The largest absolute Gasteiger partial charge is 0.268 e. The molecule has 1 N–H and O–H groups in total. The van der Waals surface area contributed by atoms with E-state index in [1.165, 1.54) is 0 Å². The van der Waals surface area contributed by atoms with Crippen molar-refractivity contribution in [3.63, 3.8) is 0 Å². The van der Waals surface area contributed by atoms with Crippen molar-refractivity contribution in [2.75, 3.05) is 0 Å². The van der Waals surface area contributed by atoms with Gasteiger partial charge in [-0.3, -0.25) is 10.1 Å². The molecule has 0 saturated carbocycles. The minimum Gasteiger partial charge on any atom is -0.268 e. The van der Waals surface area contributed by atoms with E-state index in [-0.39, 0.29) is 0 Å². The van der Waals surface area contributed by atoms with Crippen molar-refractivity contribution < 1.29 is 4.79 Å². The zero-order chi connectivity index (χ0) is 10.6. The molecule has 1 aromatic rings. The molecule has 1 aromatic heterocycles. The van der Waals surface area contributed by atoms with Crippen LogP contribution in [0.1, 0.15) is 28.7 Å². The number of nitrogens with zero attached hydrogens (tertiary/aromatic N) is 3. The molecule has 5 nitrogen and oxygen atoms in total. The van der Waals surface area contributed by atoms with Gasteiger partial charge in [0.15, 0.2) is 6.19 Å². The Hall–Kier alpha value is -1.96. The fourth-order valence-electron chi connectivity index (χ4n) is 1.09. The molecule has 1 amide bonds. The van der Waals surface area contributed by atoms with Gasteiger partial charge in [-0.1, -0.05) is 6.92 Å². The third kappa shape index (κ3) is 2.04. The first kappa shape index (κ1) is 10.1. The predicted octanol–water partition coefficient (Wildman–Crippen LogP) is 0.558. The van der Waals surface area contributed by atoms with E-state index >= 15 is 0 Å². The van der Waals surface area contributed by atoms with E-state index in [2.05, 4.69) is 15.5 Å². The van der Waals surface area contributed by atoms with Gasteiger partial charge in [-0.2, -0.15) is 15.5 Å². The summed E-state index contributed by atoms with van der Waals surface area (Å²) in [5.74, 6) is -0.428. The van der Waals surface area contributed by atoms with Gasteiger partial charge in [-0.05, 0) is 19.4 Å². The Labute approximate surface area is 81.8 Å². The number of rotatable bonds is 2. The average Bonchev–Trinajstić information content (AvgIpc) is 2.18. The van der Waals surface area contributed by atoms with Gasteiger partial charge in [0, 0.05) is 0 Å². The molecule has 0 aliphatic carbocycles. The van der Waals surface area contributed by atoms with E-state index in [1.54, 1.807) is 19.2 Å². The molecule has 0 radical (unpaired) electrons. The lowest BCUT2D eigenvalue weighted by Crippen LogP contribution is -2.20. The highest BCUT2D eigenvalue weighted by Gasteiger charge is 2.11. The second-order valence-electron chi connectivity index (χ2n) is 2.77. The summed E-state index contributed by atoms with van der Waals surface area (Å²) < 4.78 is 0. The molecule has 5 heteroatoms. The SMILES string of the molecule is CCc1nnc(C)cc1C(=O)NC#N. The number of hydrogen-bond acceptors (Lipinski definition) is 4. The lowest BCUT2D eigenvalue weighted by molar-refractivity contribution is 0.0971. The van der Waals surface area contributed by atoms with E-state index in [0.29, 0.717) is 23.4 Å². The Morgan fingerprint density at radius 2 is 2.36 bits per heavy atom. The van der Waals surface area contributed by atoms with Crippen LogP contribution in [0, 0.1) is 18.4 Å². The van der Waals surface area contributed by atoms with Crippen LogP contribution in [-0.2, 0) is 6.42 Å². The third-order valence-electron chi connectivity index (χ3n) is 1.74. The normalized spacial score (nSPS) is 9.21. The van der Waals surface area contributed by atoms with Crippen molar-refractivity contribution in [3.05, 3.63) is 23.0 Å². The average molecular weight is 190 g/mol. The zero-order valence-corrected chi connectivity index (χ0v) is 8.03. The summed E-state index contributed by atoms with van der Waals surface area (Å²) in [5.41, 5.74) is 1.68. The predicted molar refractivity (Wildman–Crippen MR) is 49.2 cm³/mol. The molecule has 0 saturated heterocycles. The Morgan fingerprint density at radius 3 is 2.93 bits per heavy atom. The van der Waals surface area contributed by atoms with Crippen LogP contribution in [0.25, 0.3) is 0 Å². The fourth-order valence-corrected chi connectivity index (χ4v) is 1.09. The Balaban J connectivity index is 3.11. The summed E-state index contributed by atoms with van der Waals surface area (Å²) in [7, 11) is 0. The summed E-state index contributed by atoms with van der Waals surface area (Å²) in [4.78, 5) is 11.4. The van der Waals surface area contributed by atoms with Gasteiger partial charge in [0.2, 0.25) is 0 Å². The summed E-state index contributed by atoms with van der Waals surface area (Å²) in [5, 5.41) is 18.1. The summed E-state index contributed by atoms with van der Waals surface area (Å²) in [6, 6.07) is 1.62. The monoisotopic (exact) mass is 190 g/mol. The van der Waals surface area contributed by atoms with Crippen molar-refractivity contribution in [2.24, 2.45) is 0 Å². The van der Waals surface area contributed by atoms with Gasteiger partial charge in [0.05, 0.1) is 17.0 Å². The highest BCUT2D eigenvalue weighted by molar-refractivity contribution is 5.96. The molecule has 0 fully saturated rings. The maximum atomic E-state index is 11.4. The molecule has 0 aromatic carbocycles. The summed E-state index contributed by atoms with van der Waals surface area (Å²) >= 11 is 0. The molecule has 0 atom stereocenters. The van der Waals surface area contributed by atoms with Gasteiger partial charge in [0.1, 0.15) is 0 Å². The van der Waals surface area contributed by atoms with Gasteiger partial charge in [-0.15, -0.1) is 0 Å². The highest BCUT2D eigenvalue weighted by atomic mass is 16.1. The lowest BCUT2D eigenvalue weighted by Gasteiger charge is -2.03. The van der Waals surface area contributed by atoms with Crippen LogP contribution >= 0.6 is 0 Å². The number of carbonyl (C=O) groups is 1. The second kappa shape index (κ2) is 4.33. The molecule has 0 unspecified atom stereocenters. The van der Waals surface area contributed by atoms with Crippen LogP contribution in [0.4, 0.5) is 0 Å². The quantitative estimate of drug-likeness (QED) is 0.545. The summed E-state index contributed by atoms with van der Waals surface area (Å²) in [6.07, 6.45) is 2.20. The molecular weight excluding hydrogens is 180 g/mol. The van der Waals surface area contributed by atoms with E-state index in [1.807, 2.05) is 6.92 Å². The first-order valence-corrected chi connectivity index (χ1v) is 4.21. The second-order valence-corrected chi connectivity index (χ2v) is 2.77. The highest BCUT2D eigenvalue weighted by Crippen LogP contribution is 2.06. The minimum atomic E-state index is -0.428. The van der Waals surface area contributed by atoms with E-state index in [0.717, 1.165) is 0 Å². The maximum Gasteiger partial charge on any atom is 0.266 e. The number of carbonyl (C=O) groups excluding carboxylic acids is 1. The Morgan fingerprint density at radius 1 is 1.64 bits per heavy atom.